The van der Waals surface area contributed by atoms with Gasteiger partial charge >= 0.3 is 0 Å². The first-order valence-electron chi connectivity index (χ1n) is 9.15. The predicted molar refractivity (Wildman–Crippen MR) is 124 cm³/mol. The van der Waals surface area contributed by atoms with Crippen LogP contribution in [0.5, 0.6) is 5.75 Å². The van der Waals surface area contributed by atoms with Crippen molar-refractivity contribution in [1.29, 1.82) is 0 Å². The molecular formula is C21H15BrN2O3S3. The summed E-state index contributed by atoms with van der Waals surface area (Å²) >= 11 is 11.7. The van der Waals surface area contributed by atoms with E-state index in [9.17, 15) is 9.59 Å². The van der Waals surface area contributed by atoms with Crippen molar-refractivity contribution >= 4 is 68.7 Å². The Balaban J connectivity index is 1.63. The lowest BCUT2D eigenvalue weighted by Crippen LogP contribution is -2.32. The van der Waals surface area contributed by atoms with Gasteiger partial charge in [0.2, 0.25) is 11.8 Å². The summed E-state index contributed by atoms with van der Waals surface area (Å²) in [4.78, 5) is 32.5. The van der Waals surface area contributed by atoms with Gasteiger partial charge in [0.15, 0.2) is 3.95 Å². The lowest BCUT2D eigenvalue weighted by atomic mass is 9.83. The number of aromatic amines is 1. The summed E-state index contributed by atoms with van der Waals surface area (Å²) in [6.07, 6.45) is 0. The molecule has 5 rings (SSSR count). The van der Waals surface area contributed by atoms with Crippen molar-refractivity contribution in [3.05, 3.63) is 67.4 Å². The molecule has 0 saturated carbocycles. The summed E-state index contributed by atoms with van der Waals surface area (Å²) in [5.74, 6) is -0.356. The highest BCUT2D eigenvalue weighted by molar-refractivity contribution is 9.10. The second kappa shape index (κ2) is 7.64. The number of aromatic nitrogens is 1. The lowest BCUT2D eigenvalue weighted by molar-refractivity contribution is -0.122. The Hall–Kier alpha value is -1.94. The number of carbonyl (C=O) groups is 2. The van der Waals surface area contributed by atoms with E-state index in [2.05, 4.69) is 20.9 Å². The number of anilines is 1. The number of halogens is 1. The zero-order valence-corrected chi connectivity index (χ0v) is 19.7. The van der Waals surface area contributed by atoms with Gasteiger partial charge in [-0.25, -0.2) is 4.90 Å². The van der Waals surface area contributed by atoms with Crippen molar-refractivity contribution in [3.63, 3.8) is 0 Å². The molecule has 0 bridgehead atoms. The summed E-state index contributed by atoms with van der Waals surface area (Å²) in [6, 6.07) is 14.9. The summed E-state index contributed by atoms with van der Waals surface area (Å²) in [5, 5.41) is 0.381. The standard InChI is InChI=1S/C21H15BrN2O3S3/c1-27-13-8-2-10(3-9-13)14-15-17(29-18-16(14)30-21(28)23-18)20(26)24(19(15)25)12-6-4-11(22)5-7-12/h2-9,14-15,17H,1H3,(H,23,28)/t14-,15+,17+/m0/s1. The molecule has 5 nitrogen and oxygen atoms in total. The van der Waals surface area contributed by atoms with Crippen LogP contribution in [0.2, 0.25) is 0 Å². The maximum atomic E-state index is 13.6. The van der Waals surface area contributed by atoms with Gasteiger partial charge in [-0.1, -0.05) is 39.8 Å². The van der Waals surface area contributed by atoms with E-state index in [1.54, 1.807) is 19.2 Å². The van der Waals surface area contributed by atoms with Crippen LogP contribution in [0.4, 0.5) is 5.69 Å². The number of ether oxygens (including phenoxy) is 1. The average molecular weight is 519 g/mol. The van der Waals surface area contributed by atoms with Crippen molar-refractivity contribution in [2.24, 2.45) is 5.92 Å². The number of fused-ring (bicyclic) bond motifs is 2. The minimum atomic E-state index is -0.499. The Labute approximate surface area is 194 Å². The Bertz CT molecular complexity index is 1200. The summed E-state index contributed by atoms with van der Waals surface area (Å²) < 4.78 is 6.82. The number of hydrogen-bond acceptors (Lipinski definition) is 6. The molecule has 0 radical (unpaired) electrons. The van der Waals surface area contributed by atoms with Crippen LogP contribution < -0.4 is 9.64 Å². The van der Waals surface area contributed by atoms with E-state index >= 15 is 0 Å². The zero-order valence-electron chi connectivity index (χ0n) is 15.6. The van der Waals surface area contributed by atoms with Crippen molar-refractivity contribution in [2.75, 3.05) is 12.0 Å². The molecule has 3 atom stereocenters. The third-order valence-corrected chi connectivity index (χ3v) is 8.67. The summed E-state index contributed by atoms with van der Waals surface area (Å²) in [5.41, 5.74) is 1.56. The first kappa shape index (κ1) is 20.0. The topological polar surface area (TPSA) is 62.4 Å². The van der Waals surface area contributed by atoms with Crippen LogP contribution in [0.1, 0.15) is 16.4 Å². The van der Waals surface area contributed by atoms with Gasteiger partial charge in [0.05, 0.1) is 23.7 Å². The fourth-order valence-electron chi connectivity index (χ4n) is 4.03. The van der Waals surface area contributed by atoms with Crippen LogP contribution in [0.25, 0.3) is 0 Å². The molecule has 1 aromatic heterocycles. The van der Waals surface area contributed by atoms with E-state index in [1.807, 2.05) is 36.4 Å². The molecule has 2 aliphatic rings. The monoisotopic (exact) mass is 518 g/mol. The molecule has 1 fully saturated rings. The van der Waals surface area contributed by atoms with Gasteiger partial charge in [-0.3, -0.25) is 9.59 Å². The molecule has 152 valence electrons. The van der Waals surface area contributed by atoms with Gasteiger partial charge in [0.1, 0.15) is 11.0 Å². The van der Waals surface area contributed by atoms with Crippen LogP contribution in [0.3, 0.4) is 0 Å². The molecule has 1 N–H and O–H groups in total. The van der Waals surface area contributed by atoms with Gasteiger partial charge in [-0.2, -0.15) is 0 Å². The largest absolute Gasteiger partial charge is 0.497 e. The SMILES string of the molecule is COc1ccc([C@@H]2c3sc(=S)[nH]c3S[C@H]3C(=O)N(c4ccc(Br)cc4)C(=O)[C@H]23)cc1. The highest BCUT2D eigenvalue weighted by Gasteiger charge is 2.56. The first-order chi connectivity index (χ1) is 14.5. The van der Waals surface area contributed by atoms with Crippen molar-refractivity contribution < 1.29 is 14.3 Å². The van der Waals surface area contributed by atoms with Crippen LogP contribution in [0.15, 0.2) is 58.0 Å². The second-order valence-electron chi connectivity index (χ2n) is 7.01. The van der Waals surface area contributed by atoms with Gasteiger partial charge in [0.25, 0.3) is 0 Å². The number of hydrogen-bond donors (Lipinski definition) is 1. The Morgan fingerprint density at radius 3 is 2.43 bits per heavy atom. The molecule has 3 aromatic rings. The first-order valence-corrected chi connectivity index (χ1v) is 12.0. The highest BCUT2D eigenvalue weighted by Crippen LogP contribution is 2.54. The van der Waals surface area contributed by atoms with Gasteiger partial charge in [-0.05, 0) is 54.2 Å². The fraction of sp³-hybridized carbons (Fsp3) is 0.190. The van der Waals surface area contributed by atoms with E-state index in [1.165, 1.54) is 28.0 Å². The maximum Gasteiger partial charge on any atom is 0.248 e. The number of thiazole rings is 1. The number of benzene rings is 2. The number of imide groups is 1. The minimum absolute atomic E-state index is 0.175. The number of amides is 2. The number of nitrogens with zero attached hydrogens (tertiary/aromatic N) is 1. The number of H-pyrrole nitrogens is 1. The van der Waals surface area contributed by atoms with Crippen LogP contribution in [0, 0.1) is 9.87 Å². The minimum Gasteiger partial charge on any atom is -0.497 e. The van der Waals surface area contributed by atoms with Crippen molar-refractivity contribution in [1.82, 2.24) is 4.98 Å². The van der Waals surface area contributed by atoms with Crippen LogP contribution >= 0.6 is 51.2 Å². The van der Waals surface area contributed by atoms with E-state index in [0.29, 0.717) is 9.64 Å². The maximum absolute atomic E-state index is 13.6. The molecule has 9 heteroatoms. The van der Waals surface area contributed by atoms with Crippen molar-refractivity contribution in [2.45, 2.75) is 16.2 Å². The molecule has 0 unspecified atom stereocenters. The van der Waals surface area contributed by atoms with Crippen LogP contribution in [-0.2, 0) is 9.59 Å². The Kier molecular flexibility index (Phi) is 5.09. The van der Waals surface area contributed by atoms with Crippen molar-refractivity contribution in [3.8, 4) is 5.75 Å². The van der Waals surface area contributed by atoms with E-state index in [-0.39, 0.29) is 17.7 Å². The van der Waals surface area contributed by atoms with Gasteiger partial charge < -0.3 is 9.72 Å². The molecular weight excluding hydrogens is 504 g/mol. The molecule has 2 aliphatic heterocycles. The number of carbonyl (C=O) groups excluding carboxylic acids is 2. The number of methoxy groups -OCH3 is 1. The highest BCUT2D eigenvalue weighted by atomic mass is 79.9. The Morgan fingerprint density at radius 2 is 1.77 bits per heavy atom. The quantitative estimate of drug-likeness (QED) is 0.372. The lowest BCUT2D eigenvalue weighted by Gasteiger charge is -2.30. The van der Waals surface area contributed by atoms with E-state index in [0.717, 1.165) is 25.7 Å². The van der Waals surface area contributed by atoms with Gasteiger partial charge in [0, 0.05) is 15.3 Å². The normalized spacial score (nSPS) is 22.7. The fourth-order valence-corrected chi connectivity index (χ4v) is 7.26. The van der Waals surface area contributed by atoms with E-state index in [4.69, 9.17) is 17.0 Å². The number of thioether (sulfide) groups is 1. The summed E-state index contributed by atoms with van der Waals surface area (Å²) in [6.45, 7) is 0. The molecule has 0 aliphatic carbocycles. The third kappa shape index (κ3) is 3.15. The molecule has 3 heterocycles. The summed E-state index contributed by atoms with van der Waals surface area (Å²) in [7, 11) is 1.62. The zero-order chi connectivity index (χ0) is 21.0. The smallest absolute Gasteiger partial charge is 0.248 e. The molecule has 2 amide bonds. The van der Waals surface area contributed by atoms with E-state index < -0.39 is 11.2 Å². The van der Waals surface area contributed by atoms with Gasteiger partial charge in [-0.15, -0.1) is 11.3 Å². The average Bonchev–Trinajstić information content (AvgIpc) is 3.24. The van der Waals surface area contributed by atoms with Crippen LogP contribution in [-0.4, -0.2) is 29.2 Å². The molecule has 1 saturated heterocycles. The predicted octanol–water partition coefficient (Wildman–Crippen LogP) is 5.37. The number of nitrogens with one attached hydrogen (secondary N) is 1. The molecule has 2 aromatic carbocycles. The molecule has 0 spiro atoms. The number of rotatable bonds is 3. The second-order valence-corrected chi connectivity index (χ2v) is 10.8. The third-order valence-electron chi connectivity index (χ3n) is 5.38. The molecule has 30 heavy (non-hydrogen) atoms. The Morgan fingerprint density at radius 1 is 1.07 bits per heavy atom.